The summed E-state index contributed by atoms with van der Waals surface area (Å²) in [5, 5.41) is 6.83. The van der Waals surface area contributed by atoms with Gasteiger partial charge >= 0.3 is 0 Å². The highest BCUT2D eigenvalue weighted by atomic mass is 35.5. The van der Waals surface area contributed by atoms with Crippen molar-refractivity contribution in [2.75, 3.05) is 5.32 Å². The summed E-state index contributed by atoms with van der Waals surface area (Å²) in [7, 11) is 0. The molecule has 0 spiro atoms. The Morgan fingerprint density at radius 1 is 0.960 bits per heavy atom. The van der Waals surface area contributed by atoms with E-state index in [1.807, 2.05) is 30.3 Å². The Labute approximate surface area is 155 Å². The standard InChI is InChI=1S/C19H15Cl2N3O/c20-15-7-4-8-16(18(15)21)24-17-10-9-14(12-22-17)19(25)23-11-13-5-2-1-3-6-13/h1-10,12H,11H2,(H,22,24)(H,23,25). The van der Waals surface area contributed by atoms with Gasteiger partial charge in [-0.2, -0.15) is 0 Å². The minimum absolute atomic E-state index is 0.177. The van der Waals surface area contributed by atoms with Gasteiger partial charge in [-0.3, -0.25) is 4.79 Å². The zero-order valence-corrected chi connectivity index (χ0v) is 14.7. The summed E-state index contributed by atoms with van der Waals surface area (Å²) in [5.74, 6) is 0.396. The van der Waals surface area contributed by atoms with Gasteiger partial charge in [0.15, 0.2) is 0 Å². The average molecular weight is 372 g/mol. The molecular weight excluding hydrogens is 357 g/mol. The zero-order chi connectivity index (χ0) is 17.6. The molecule has 0 aliphatic carbocycles. The van der Waals surface area contributed by atoms with Crippen LogP contribution in [-0.4, -0.2) is 10.9 Å². The number of nitrogens with zero attached hydrogens (tertiary/aromatic N) is 1. The number of amides is 1. The third-order valence-electron chi connectivity index (χ3n) is 3.54. The minimum atomic E-state index is -0.177. The SMILES string of the molecule is O=C(NCc1ccccc1)c1ccc(Nc2cccc(Cl)c2Cl)nc1. The van der Waals surface area contributed by atoms with Crippen LogP contribution in [-0.2, 0) is 6.54 Å². The summed E-state index contributed by atoms with van der Waals surface area (Å²) in [5.41, 5.74) is 2.18. The van der Waals surface area contributed by atoms with Crippen molar-refractivity contribution in [2.45, 2.75) is 6.54 Å². The summed E-state index contributed by atoms with van der Waals surface area (Å²) in [6.45, 7) is 0.470. The number of carbonyl (C=O) groups excluding carboxylic acids is 1. The molecular formula is C19H15Cl2N3O. The molecule has 0 unspecified atom stereocenters. The highest BCUT2D eigenvalue weighted by molar-refractivity contribution is 6.43. The van der Waals surface area contributed by atoms with Crippen LogP contribution in [0.3, 0.4) is 0 Å². The molecule has 0 bridgehead atoms. The van der Waals surface area contributed by atoms with Crippen LogP contribution >= 0.6 is 23.2 Å². The third kappa shape index (κ3) is 4.50. The second kappa shape index (κ2) is 8.01. The van der Waals surface area contributed by atoms with Crippen molar-refractivity contribution in [3.8, 4) is 0 Å². The molecule has 0 atom stereocenters. The topological polar surface area (TPSA) is 54.0 Å². The van der Waals surface area contributed by atoms with Crippen LogP contribution in [0.15, 0.2) is 66.9 Å². The lowest BCUT2D eigenvalue weighted by Crippen LogP contribution is -2.22. The number of halogens is 2. The molecule has 0 radical (unpaired) electrons. The van der Waals surface area contributed by atoms with E-state index in [-0.39, 0.29) is 5.91 Å². The van der Waals surface area contributed by atoms with Crippen molar-refractivity contribution in [1.29, 1.82) is 0 Å². The Morgan fingerprint density at radius 3 is 2.48 bits per heavy atom. The molecule has 3 rings (SSSR count). The molecule has 0 aliphatic rings. The first-order chi connectivity index (χ1) is 12.1. The Hall–Kier alpha value is -2.56. The lowest BCUT2D eigenvalue weighted by molar-refractivity contribution is 0.0950. The van der Waals surface area contributed by atoms with E-state index in [0.29, 0.717) is 33.7 Å². The van der Waals surface area contributed by atoms with Crippen LogP contribution in [0.1, 0.15) is 15.9 Å². The Balaban J connectivity index is 1.63. The molecule has 4 nitrogen and oxygen atoms in total. The molecule has 2 aromatic carbocycles. The van der Waals surface area contributed by atoms with Crippen LogP contribution in [0.5, 0.6) is 0 Å². The quantitative estimate of drug-likeness (QED) is 0.658. The van der Waals surface area contributed by atoms with Gasteiger partial charge in [-0.1, -0.05) is 59.6 Å². The molecule has 0 saturated heterocycles. The van der Waals surface area contributed by atoms with Crippen LogP contribution in [0.25, 0.3) is 0 Å². The number of hydrogen-bond acceptors (Lipinski definition) is 3. The second-order valence-corrected chi connectivity index (χ2v) is 6.11. The Morgan fingerprint density at radius 2 is 1.76 bits per heavy atom. The normalized spacial score (nSPS) is 10.3. The average Bonchev–Trinajstić information content (AvgIpc) is 2.65. The van der Waals surface area contributed by atoms with E-state index in [1.54, 1.807) is 30.3 Å². The monoisotopic (exact) mass is 371 g/mol. The molecule has 1 aromatic heterocycles. The summed E-state index contributed by atoms with van der Waals surface area (Å²) < 4.78 is 0. The molecule has 0 saturated carbocycles. The van der Waals surface area contributed by atoms with E-state index in [1.165, 1.54) is 6.20 Å². The largest absolute Gasteiger partial charge is 0.348 e. The van der Waals surface area contributed by atoms with Gasteiger partial charge < -0.3 is 10.6 Å². The molecule has 0 fully saturated rings. The number of benzene rings is 2. The zero-order valence-electron chi connectivity index (χ0n) is 13.2. The number of carbonyl (C=O) groups is 1. The van der Waals surface area contributed by atoms with Gasteiger partial charge in [0.05, 0.1) is 21.3 Å². The summed E-state index contributed by atoms with van der Waals surface area (Å²) >= 11 is 12.1. The van der Waals surface area contributed by atoms with Gasteiger partial charge in [-0.15, -0.1) is 0 Å². The first-order valence-electron chi connectivity index (χ1n) is 7.63. The second-order valence-electron chi connectivity index (χ2n) is 5.33. The number of anilines is 2. The lowest BCUT2D eigenvalue weighted by atomic mass is 10.2. The van der Waals surface area contributed by atoms with E-state index >= 15 is 0 Å². The van der Waals surface area contributed by atoms with E-state index in [0.717, 1.165) is 5.56 Å². The number of nitrogens with one attached hydrogen (secondary N) is 2. The molecule has 1 heterocycles. The molecule has 1 amide bonds. The van der Waals surface area contributed by atoms with Gasteiger partial charge in [0.2, 0.25) is 0 Å². The number of aromatic nitrogens is 1. The van der Waals surface area contributed by atoms with Crippen molar-refractivity contribution in [2.24, 2.45) is 0 Å². The fraction of sp³-hybridized carbons (Fsp3) is 0.0526. The molecule has 3 aromatic rings. The van der Waals surface area contributed by atoms with Crippen LogP contribution < -0.4 is 10.6 Å². The fourth-order valence-corrected chi connectivity index (χ4v) is 2.57. The highest BCUT2D eigenvalue weighted by Crippen LogP contribution is 2.31. The predicted molar refractivity (Wildman–Crippen MR) is 102 cm³/mol. The Kier molecular flexibility index (Phi) is 5.53. The van der Waals surface area contributed by atoms with Gasteiger partial charge in [0.1, 0.15) is 5.82 Å². The van der Waals surface area contributed by atoms with Gasteiger partial charge in [-0.25, -0.2) is 4.98 Å². The Bertz CT molecular complexity index is 868. The van der Waals surface area contributed by atoms with Crippen molar-refractivity contribution in [1.82, 2.24) is 10.3 Å². The molecule has 126 valence electrons. The predicted octanol–water partition coefficient (Wildman–Crippen LogP) is 5.06. The summed E-state index contributed by atoms with van der Waals surface area (Å²) in [4.78, 5) is 16.4. The molecule has 2 N–H and O–H groups in total. The van der Waals surface area contributed by atoms with E-state index in [2.05, 4.69) is 15.6 Å². The van der Waals surface area contributed by atoms with Gasteiger partial charge in [0, 0.05) is 12.7 Å². The minimum Gasteiger partial charge on any atom is -0.348 e. The maximum absolute atomic E-state index is 12.2. The van der Waals surface area contributed by atoms with Crippen molar-refractivity contribution in [3.63, 3.8) is 0 Å². The van der Waals surface area contributed by atoms with Crippen LogP contribution in [0.4, 0.5) is 11.5 Å². The fourth-order valence-electron chi connectivity index (χ4n) is 2.22. The smallest absolute Gasteiger partial charge is 0.253 e. The van der Waals surface area contributed by atoms with E-state index in [4.69, 9.17) is 23.2 Å². The third-order valence-corrected chi connectivity index (χ3v) is 4.35. The van der Waals surface area contributed by atoms with Gasteiger partial charge in [0.25, 0.3) is 5.91 Å². The van der Waals surface area contributed by atoms with Crippen LogP contribution in [0.2, 0.25) is 10.0 Å². The molecule has 6 heteroatoms. The van der Waals surface area contributed by atoms with Crippen molar-refractivity contribution >= 4 is 40.6 Å². The van der Waals surface area contributed by atoms with E-state index in [9.17, 15) is 4.79 Å². The van der Waals surface area contributed by atoms with Crippen molar-refractivity contribution < 1.29 is 4.79 Å². The number of pyridine rings is 1. The lowest BCUT2D eigenvalue weighted by Gasteiger charge is -2.09. The summed E-state index contributed by atoms with van der Waals surface area (Å²) in [6, 6.07) is 18.5. The highest BCUT2D eigenvalue weighted by Gasteiger charge is 2.08. The summed E-state index contributed by atoms with van der Waals surface area (Å²) in [6.07, 6.45) is 1.51. The maximum Gasteiger partial charge on any atom is 0.253 e. The first-order valence-corrected chi connectivity index (χ1v) is 8.38. The first kappa shape index (κ1) is 17.3. The van der Waals surface area contributed by atoms with E-state index < -0.39 is 0 Å². The number of rotatable bonds is 5. The van der Waals surface area contributed by atoms with Crippen LogP contribution in [0, 0.1) is 0 Å². The number of hydrogen-bond donors (Lipinski definition) is 2. The molecule has 25 heavy (non-hydrogen) atoms. The molecule has 0 aliphatic heterocycles. The van der Waals surface area contributed by atoms with Gasteiger partial charge in [-0.05, 0) is 29.8 Å². The maximum atomic E-state index is 12.2. The van der Waals surface area contributed by atoms with Crippen molar-refractivity contribution in [3.05, 3.63) is 88.0 Å².